The van der Waals surface area contributed by atoms with Gasteiger partial charge in [0.1, 0.15) is 10.3 Å². The van der Waals surface area contributed by atoms with Gasteiger partial charge in [-0.2, -0.15) is 4.31 Å². The van der Waals surface area contributed by atoms with E-state index >= 15 is 0 Å². The Morgan fingerprint density at radius 3 is 2.48 bits per heavy atom. The van der Waals surface area contributed by atoms with E-state index in [1.807, 2.05) is 6.92 Å². The number of benzene rings is 2. The van der Waals surface area contributed by atoms with Gasteiger partial charge in [0.2, 0.25) is 0 Å². The number of fused-ring (bicyclic) bond motifs is 1. The molecule has 1 amide bonds. The summed E-state index contributed by atoms with van der Waals surface area (Å²) in [5, 5.41) is 11.9. The molecule has 2 aromatic carbocycles. The Morgan fingerprint density at radius 2 is 1.85 bits per heavy atom. The molecule has 0 unspecified atom stereocenters. The molecular weight excluding hydrogens is 598 g/mol. The third-order valence-electron chi connectivity index (χ3n) is 6.66. The van der Waals surface area contributed by atoms with Gasteiger partial charge in [0.05, 0.1) is 35.3 Å². The Morgan fingerprint density at radius 1 is 1.15 bits per heavy atom. The number of ether oxygens (including phenoxy) is 1. The molecule has 0 fully saturated rings. The van der Waals surface area contributed by atoms with Gasteiger partial charge in [-0.05, 0) is 54.8 Å². The number of aliphatic hydroxyl groups excluding tert-OH is 1. The number of hydrogen-bond acceptors (Lipinski definition) is 8. The van der Waals surface area contributed by atoms with Gasteiger partial charge in [-0.3, -0.25) is 9.52 Å². The molecule has 0 saturated heterocycles. The summed E-state index contributed by atoms with van der Waals surface area (Å²) in [6.07, 6.45) is -0.777. The number of nitrogens with one attached hydrogen (secondary N) is 1. The van der Waals surface area contributed by atoms with Crippen molar-refractivity contribution < 1.29 is 31.5 Å². The number of sulfonamides is 2. The maximum atomic E-state index is 13.6. The van der Waals surface area contributed by atoms with Gasteiger partial charge in [-0.1, -0.05) is 30.7 Å². The highest BCUT2D eigenvalue weighted by Gasteiger charge is 2.36. The number of thiophene rings is 1. The minimum atomic E-state index is -4.10. The van der Waals surface area contributed by atoms with Crippen molar-refractivity contribution in [3.8, 4) is 5.75 Å². The highest BCUT2D eigenvalue weighted by Crippen LogP contribution is 2.36. The van der Waals surface area contributed by atoms with Gasteiger partial charge < -0.3 is 14.7 Å². The summed E-state index contributed by atoms with van der Waals surface area (Å²) in [4.78, 5) is 15.1. The number of nitrogens with zero attached hydrogens (tertiary/aromatic N) is 2. The number of carbonyl (C=O) groups excluding carboxylic acids is 1. The van der Waals surface area contributed by atoms with E-state index in [9.17, 15) is 26.7 Å². The molecule has 0 spiro atoms. The van der Waals surface area contributed by atoms with E-state index in [4.69, 9.17) is 16.3 Å². The highest BCUT2D eigenvalue weighted by atomic mass is 35.5. The van der Waals surface area contributed by atoms with Crippen LogP contribution in [0.2, 0.25) is 5.02 Å². The summed E-state index contributed by atoms with van der Waals surface area (Å²) in [7, 11) is -6.47. The van der Waals surface area contributed by atoms with Crippen molar-refractivity contribution in [3.63, 3.8) is 0 Å². The zero-order valence-corrected chi connectivity index (χ0v) is 25.2. The number of amides is 1. The van der Waals surface area contributed by atoms with Crippen molar-refractivity contribution in [2.24, 2.45) is 5.92 Å². The molecule has 2 N–H and O–H groups in total. The topological polar surface area (TPSA) is 133 Å². The Bertz CT molecular complexity index is 1560. The van der Waals surface area contributed by atoms with Crippen LogP contribution < -0.4 is 9.46 Å². The van der Waals surface area contributed by atoms with Gasteiger partial charge in [-0.15, -0.1) is 11.3 Å². The number of likely N-dealkylation sites (N-methyl/N-ethyl adjacent to an activating group) is 1. The van der Waals surface area contributed by atoms with Crippen LogP contribution in [-0.4, -0.2) is 75.9 Å². The van der Waals surface area contributed by atoms with E-state index in [0.29, 0.717) is 5.02 Å². The van der Waals surface area contributed by atoms with Crippen LogP contribution in [0.3, 0.4) is 0 Å². The zero-order valence-electron chi connectivity index (χ0n) is 22.0. The average Bonchev–Trinajstić information content (AvgIpc) is 3.47. The lowest BCUT2D eigenvalue weighted by molar-refractivity contribution is 0.0389. The molecule has 1 aliphatic heterocycles. The number of rotatable bonds is 9. The molecule has 1 aliphatic rings. The number of aliphatic hydroxyl groups is 1. The van der Waals surface area contributed by atoms with Gasteiger partial charge in [0.15, 0.2) is 5.75 Å². The normalized spacial score (nSPS) is 18.9. The van der Waals surface area contributed by atoms with E-state index in [0.717, 1.165) is 11.3 Å². The maximum Gasteiger partial charge on any atom is 0.262 e. The van der Waals surface area contributed by atoms with E-state index in [2.05, 4.69) is 4.72 Å². The van der Waals surface area contributed by atoms with Crippen LogP contribution in [0.4, 0.5) is 5.69 Å². The molecule has 14 heteroatoms. The van der Waals surface area contributed by atoms with Gasteiger partial charge in [-0.25, -0.2) is 16.8 Å². The first-order chi connectivity index (χ1) is 18.8. The summed E-state index contributed by atoms with van der Waals surface area (Å²) in [5.74, 6) is -0.874. The Balaban J connectivity index is 1.76. The number of hydrogen-bond donors (Lipinski definition) is 2. The van der Waals surface area contributed by atoms with Crippen LogP contribution in [0.5, 0.6) is 5.75 Å². The lowest BCUT2D eigenvalue weighted by Gasteiger charge is -2.38. The zero-order chi connectivity index (χ0) is 29.2. The summed E-state index contributed by atoms with van der Waals surface area (Å²) < 4.78 is 63.0. The van der Waals surface area contributed by atoms with Crippen molar-refractivity contribution in [2.75, 3.05) is 31.5 Å². The fourth-order valence-corrected chi connectivity index (χ4v) is 7.85. The Labute approximate surface area is 243 Å². The molecule has 2 heterocycles. The third-order valence-corrected chi connectivity index (χ3v) is 11.5. The van der Waals surface area contributed by atoms with Crippen LogP contribution in [0, 0.1) is 5.92 Å². The molecule has 0 aliphatic carbocycles. The van der Waals surface area contributed by atoms with Crippen molar-refractivity contribution in [3.05, 3.63) is 70.6 Å². The largest absolute Gasteiger partial charge is 0.486 e. The molecule has 0 saturated carbocycles. The molecule has 3 aromatic rings. The smallest absolute Gasteiger partial charge is 0.262 e. The van der Waals surface area contributed by atoms with Crippen LogP contribution in [0.15, 0.2) is 69.1 Å². The van der Waals surface area contributed by atoms with E-state index in [1.54, 1.807) is 18.4 Å². The lowest BCUT2D eigenvalue weighted by Crippen LogP contribution is -2.50. The van der Waals surface area contributed by atoms with Gasteiger partial charge in [0, 0.05) is 24.5 Å². The van der Waals surface area contributed by atoms with Gasteiger partial charge in [0.25, 0.3) is 26.0 Å². The Kier molecular flexibility index (Phi) is 9.12. The van der Waals surface area contributed by atoms with E-state index in [-0.39, 0.29) is 45.8 Å². The summed E-state index contributed by atoms with van der Waals surface area (Å²) in [6, 6.07) is 12.7. The Hall–Kier alpha value is -2.68. The van der Waals surface area contributed by atoms with Crippen LogP contribution in [0.25, 0.3) is 0 Å². The second-order valence-corrected chi connectivity index (χ2v) is 14.9. The highest BCUT2D eigenvalue weighted by molar-refractivity contribution is 7.92. The first-order valence-corrected chi connectivity index (χ1v) is 16.5. The van der Waals surface area contributed by atoms with Crippen LogP contribution in [-0.2, 0) is 20.0 Å². The van der Waals surface area contributed by atoms with Gasteiger partial charge >= 0.3 is 0 Å². The molecule has 10 nitrogen and oxygen atoms in total. The monoisotopic (exact) mass is 627 g/mol. The summed E-state index contributed by atoms with van der Waals surface area (Å²) in [6.45, 7) is 3.32. The number of halogens is 1. The van der Waals surface area contributed by atoms with Crippen molar-refractivity contribution in [1.82, 2.24) is 9.21 Å². The SMILES string of the molecule is C[C@H]1CN([C@@H](C)CO)C(=O)c2cccc(NS(=O)(=O)c3ccc(Cl)cc3)c2O[C@H]1CN(C)S(=O)(=O)c1cccs1. The van der Waals surface area contributed by atoms with Crippen molar-refractivity contribution in [1.29, 1.82) is 0 Å². The first kappa shape index (κ1) is 30.3. The second-order valence-electron chi connectivity index (χ2n) is 9.58. The number of anilines is 1. The molecule has 0 bridgehead atoms. The minimum absolute atomic E-state index is 0.0141. The maximum absolute atomic E-state index is 13.6. The predicted octanol–water partition coefficient (Wildman–Crippen LogP) is 3.74. The molecule has 40 heavy (non-hydrogen) atoms. The quantitative estimate of drug-likeness (QED) is 0.369. The summed E-state index contributed by atoms with van der Waals surface area (Å²) >= 11 is 7.01. The third kappa shape index (κ3) is 6.29. The average molecular weight is 628 g/mol. The molecule has 1 aromatic heterocycles. The molecule has 216 valence electrons. The fourth-order valence-electron chi connectivity index (χ4n) is 4.27. The molecule has 3 atom stereocenters. The van der Waals surface area contributed by atoms with Crippen LogP contribution in [0.1, 0.15) is 24.2 Å². The van der Waals surface area contributed by atoms with E-state index in [1.165, 1.54) is 64.8 Å². The summed E-state index contributed by atoms with van der Waals surface area (Å²) in [5.41, 5.74) is 0.0949. The fraction of sp³-hybridized carbons (Fsp3) is 0.346. The standard InChI is InChI=1S/C26H30ClN3O7S3/c1-17-14-30(18(2)16-31)26(32)21-6-4-7-22(28-39(33,34)20-11-9-19(27)10-12-20)25(21)37-23(17)15-29(3)40(35,36)24-8-5-13-38-24/h4-13,17-18,23,28,31H,14-16H2,1-3H3/t17-,18-,23-/m0/s1. The lowest BCUT2D eigenvalue weighted by atomic mass is 9.99. The molecule has 4 rings (SSSR count). The second kappa shape index (κ2) is 12.0. The van der Waals surface area contributed by atoms with E-state index < -0.39 is 44.0 Å². The predicted molar refractivity (Wildman–Crippen MR) is 154 cm³/mol. The molecule has 0 radical (unpaired) electrons. The number of para-hydroxylation sites is 1. The van der Waals surface area contributed by atoms with Crippen LogP contribution >= 0.6 is 22.9 Å². The van der Waals surface area contributed by atoms with Crippen molar-refractivity contribution >= 4 is 54.6 Å². The first-order valence-electron chi connectivity index (χ1n) is 12.3. The molecular formula is C26H30ClN3O7S3. The number of carbonyl (C=O) groups is 1. The van der Waals surface area contributed by atoms with Crippen molar-refractivity contribution in [2.45, 2.75) is 35.1 Å². The minimum Gasteiger partial charge on any atom is -0.486 e.